The van der Waals surface area contributed by atoms with Crippen molar-refractivity contribution >= 4 is 63.6 Å². The minimum Gasteiger partial charge on any atom is -0.309 e. The highest BCUT2D eigenvalue weighted by atomic mass is 28.2. The largest absolute Gasteiger partial charge is 0.309 e. The molecule has 0 radical (unpaired) electrons. The second kappa shape index (κ2) is 10.9. The molecule has 0 atom stereocenters. The molecule has 0 fully saturated rings. The summed E-state index contributed by atoms with van der Waals surface area (Å²) in [7, 11) is -0.780. The van der Waals surface area contributed by atoms with E-state index >= 15 is 0 Å². The molecular weight excluding hydrogens is 639 g/mol. The molecule has 1 aliphatic heterocycles. The molecule has 6 heteroatoms. The molecule has 238 valence electrons. The third-order valence-electron chi connectivity index (χ3n) is 10.4. The minimum absolute atomic E-state index is 0.780. The lowest BCUT2D eigenvalue weighted by Crippen LogP contribution is -2.24. The molecule has 0 unspecified atom stereocenters. The van der Waals surface area contributed by atoms with E-state index in [1.54, 1.807) is 0 Å². The van der Waals surface area contributed by atoms with E-state index in [1.807, 2.05) is 6.20 Å². The zero-order chi connectivity index (χ0) is 33.5. The van der Waals surface area contributed by atoms with E-state index in [9.17, 15) is 0 Å². The van der Waals surface area contributed by atoms with Crippen molar-refractivity contribution in [2.75, 3.05) is 0 Å². The highest BCUT2D eigenvalue weighted by Crippen LogP contribution is 2.36. The number of hydrogen-bond acceptors (Lipinski definition) is 3. The van der Waals surface area contributed by atoms with Gasteiger partial charge in [-0.25, -0.2) is 9.97 Å². The summed E-state index contributed by atoms with van der Waals surface area (Å²) in [4.78, 5) is 15.6. The molecule has 11 rings (SSSR count). The standard InChI is InChI=1S/C45H29N5Si/c1-3-11-30(12-4-1)49-38-17-9-7-15-32(38)34-21-19-28(25-40(34)49)36-23-24-42-43(47-36)44-45(51-42)46-27-37(48-44)29-20-22-35-33-16-8-10-18-39(33)50(41(35)26-29)31-13-5-2-6-14-31/h1-27H,51H2. The summed E-state index contributed by atoms with van der Waals surface area (Å²) in [5.74, 6) is 0. The van der Waals surface area contributed by atoms with Gasteiger partial charge in [0.15, 0.2) is 0 Å². The molecule has 1 aliphatic rings. The number of rotatable bonds is 4. The maximum absolute atomic E-state index is 5.31. The van der Waals surface area contributed by atoms with Crippen LogP contribution in [0.1, 0.15) is 0 Å². The molecule has 6 aromatic carbocycles. The first-order valence-electron chi connectivity index (χ1n) is 17.3. The van der Waals surface area contributed by atoms with Crippen LogP contribution in [0.15, 0.2) is 164 Å². The summed E-state index contributed by atoms with van der Waals surface area (Å²) in [5.41, 5.74) is 12.8. The molecule has 0 saturated carbocycles. The van der Waals surface area contributed by atoms with Crippen LogP contribution in [0.2, 0.25) is 0 Å². The molecule has 0 amide bonds. The number of fused-ring (bicyclic) bond motifs is 9. The lowest BCUT2D eigenvalue weighted by Gasteiger charge is -2.10. The third kappa shape index (κ3) is 4.30. The first-order chi connectivity index (χ1) is 25.3. The molecule has 0 N–H and O–H groups in total. The van der Waals surface area contributed by atoms with Gasteiger partial charge in [0.05, 0.1) is 45.3 Å². The van der Waals surface area contributed by atoms with Gasteiger partial charge in [0.2, 0.25) is 0 Å². The first-order valence-corrected chi connectivity index (χ1v) is 18.7. The second-order valence-electron chi connectivity index (χ2n) is 13.3. The van der Waals surface area contributed by atoms with Gasteiger partial charge in [0.25, 0.3) is 0 Å². The Morgan fingerprint density at radius 3 is 1.53 bits per heavy atom. The summed E-state index contributed by atoms with van der Waals surface area (Å²) in [6.45, 7) is 0. The number of pyridine rings is 1. The van der Waals surface area contributed by atoms with Crippen LogP contribution in [0.4, 0.5) is 0 Å². The Bertz CT molecular complexity index is 2790. The highest BCUT2D eigenvalue weighted by molar-refractivity contribution is 6.72. The number of aromatic nitrogens is 5. The van der Waals surface area contributed by atoms with E-state index in [0.717, 1.165) is 56.1 Å². The number of para-hydroxylation sites is 4. The number of nitrogens with zero attached hydrogens (tertiary/aromatic N) is 5. The zero-order valence-electron chi connectivity index (χ0n) is 27.5. The molecule has 0 bridgehead atoms. The molecule has 51 heavy (non-hydrogen) atoms. The quantitative estimate of drug-likeness (QED) is 0.177. The van der Waals surface area contributed by atoms with Crippen LogP contribution >= 0.6 is 0 Å². The molecular formula is C45H29N5Si. The lowest BCUT2D eigenvalue weighted by molar-refractivity contribution is 1.18. The summed E-state index contributed by atoms with van der Waals surface area (Å²) < 4.78 is 4.70. The van der Waals surface area contributed by atoms with E-state index in [1.165, 1.54) is 43.3 Å². The highest BCUT2D eigenvalue weighted by Gasteiger charge is 2.25. The molecule has 4 aromatic heterocycles. The van der Waals surface area contributed by atoms with Gasteiger partial charge in [0.1, 0.15) is 15.2 Å². The SMILES string of the molecule is c1ccc(-n2c3ccccc3c3ccc(-c4ccc5c(n4)-c4nc(-c6ccc7c8ccccc8n(-c8ccccc8)c7c6)cnc4[SiH2]5)cc32)cc1. The third-order valence-corrected chi connectivity index (χ3v) is 12.2. The van der Waals surface area contributed by atoms with Crippen LogP contribution in [-0.4, -0.2) is 33.6 Å². The monoisotopic (exact) mass is 667 g/mol. The van der Waals surface area contributed by atoms with Crippen molar-refractivity contribution in [3.63, 3.8) is 0 Å². The van der Waals surface area contributed by atoms with Gasteiger partial charge in [-0.15, -0.1) is 0 Å². The smallest absolute Gasteiger partial charge is 0.117 e. The van der Waals surface area contributed by atoms with E-state index < -0.39 is 9.52 Å². The molecule has 0 saturated heterocycles. The van der Waals surface area contributed by atoms with Crippen molar-refractivity contribution in [1.29, 1.82) is 0 Å². The normalized spacial score (nSPS) is 12.7. The fraction of sp³-hybridized carbons (Fsp3) is 0. The molecule has 5 heterocycles. The Morgan fingerprint density at radius 1 is 0.412 bits per heavy atom. The Kier molecular flexibility index (Phi) is 6.05. The van der Waals surface area contributed by atoms with Gasteiger partial charge < -0.3 is 9.13 Å². The Balaban J connectivity index is 1.03. The maximum Gasteiger partial charge on any atom is 0.117 e. The van der Waals surface area contributed by atoms with Gasteiger partial charge in [-0.1, -0.05) is 103 Å². The Labute approximate surface area is 296 Å². The number of hydrogen-bond donors (Lipinski definition) is 0. The Morgan fingerprint density at radius 2 is 0.922 bits per heavy atom. The van der Waals surface area contributed by atoms with E-state index in [-0.39, 0.29) is 0 Å². The van der Waals surface area contributed by atoms with E-state index in [4.69, 9.17) is 15.0 Å². The average Bonchev–Trinajstić information content (AvgIpc) is 3.85. The van der Waals surface area contributed by atoms with Crippen molar-refractivity contribution in [3.05, 3.63) is 164 Å². The average molecular weight is 668 g/mol. The molecule has 10 aromatic rings. The van der Waals surface area contributed by atoms with Crippen molar-refractivity contribution in [3.8, 4) is 45.3 Å². The topological polar surface area (TPSA) is 48.5 Å². The fourth-order valence-corrected chi connectivity index (χ4v) is 9.63. The fourth-order valence-electron chi connectivity index (χ4n) is 8.02. The van der Waals surface area contributed by atoms with Crippen molar-refractivity contribution in [2.45, 2.75) is 0 Å². The van der Waals surface area contributed by atoms with Gasteiger partial charge in [-0.3, -0.25) is 4.98 Å². The maximum atomic E-state index is 5.31. The van der Waals surface area contributed by atoms with Crippen LogP contribution in [0.25, 0.3) is 88.9 Å². The van der Waals surface area contributed by atoms with E-state index in [0.29, 0.717) is 0 Å². The summed E-state index contributed by atoms with van der Waals surface area (Å²) in [6.07, 6.45) is 1.95. The van der Waals surface area contributed by atoms with Crippen LogP contribution in [0.3, 0.4) is 0 Å². The van der Waals surface area contributed by atoms with Crippen LogP contribution in [0, 0.1) is 0 Å². The molecule has 0 spiro atoms. The van der Waals surface area contributed by atoms with Crippen molar-refractivity contribution in [1.82, 2.24) is 24.1 Å². The predicted molar refractivity (Wildman–Crippen MR) is 213 cm³/mol. The summed E-state index contributed by atoms with van der Waals surface area (Å²) >= 11 is 0. The van der Waals surface area contributed by atoms with Crippen LogP contribution in [-0.2, 0) is 0 Å². The second-order valence-corrected chi connectivity index (χ2v) is 15.1. The summed E-state index contributed by atoms with van der Waals surface area (Å²) in [6, 6.07) is 56.3. The van der Waals surface area contributed by atoms with Gasteiger partial charge in [0, 0.05) is 49.4 Å². The molecule has 5 nitrogen and oxygen atoms in total. The van der Waals surface area contributed by atoms with Gasteiger partial charge in [-0.2, -0.15) is 0 Å². The van der Waals surface area contributed by atoms with Crippen LogP contribution < -0.4 is 10.5 Å². The summed E-state index contributed by atoms with van der Waals surface area (Å²) in [5, 5.41) is 7.34. The minimum atomic E-state index is -0.780. The predicted octanol–water partition coefficient (Wildman–Crippen LogP) is 8.50. The van der Waals surface area contributed by atoms with Crippen LogP contribution in [0.5, 0.6) is 0 Å². The lowest BCUT2D eigenvalue weighted by atomic mass is 10.1. The Hall–Kier alpha value is -6.63. The zero-order valence-corrected chi connectivity index (χ0v) is 28.9. The van der Waals surface area contributed by atoms with E-state index in [2.05, 4.69) is 167 Å². The number of benzene rings is 6. The van der Waals surface area contributed by atoms with Crippen molar-refractivity contribution < 1.29 is 0 Å². The van der Waals surface area contributed by atoms with Gasteiger partial charge in [-0.05, 0) is 59.8 Å². The van der Waals surface area contributed by atoms with Crippen molar-refractivity contribution in [2.24, 2.45) is 0 Å². The molecule has 0 aliphatic carbocycles. The first kappa shape index (κ1) is 28.2. The van der Waals surface area contributed by atoms with Gasteiger partial charge >= 0.3 is 0 Å².